The van der Waals surface area contributed by atoms with E-state index in [1.807, 2.05) is 106 Å². The summed E-state index contributed by atoms with van der Waals surface area (Å²) in [6.07, 6.45) is 0. The molecule has 0 aromatic heterocycles. The molecule has 1 aliphatic rings. The van der Waals surface area contributed by atoms with Gasteiger partial charge in [-0.1, -0.05) is 48.5 Å². The van der Waals surface area contributed by atoms with E-state index in [-0.39, 0.29) is 11.8 Å². The van der Waals surface area contributed by atoms with Crippen molar-refractivity contribution in [1.82, 2.24) is 0 Å². The first-order chi connectivity index (χ1) is 14.8. The van der Waals surface area contributed by atoms with E-state index in [1.54, 1.807) is 0 Å². The van der Waals surface area contributed by atoms with Crippen LogP contribution in [-0.4, -0.2) is 18.9 Å². The topological polar surface area (TPSA) is 40.6 Å². The molecule has 0 bridgehead atoms. The van der Waals surface area contributed by atoms with Gasteiger partial charge in [0.05, 0.1) is 11.3 Å². The minimum Gasteiger partial charge on any atom is -0.339 e. The Balaban J connectivity index is 1.93. The number of carbonyl (C=O) groups is 2. The zero-order valence-electron chi connectivity index (χ0n) is 18.6. The fraction of sp³-hybridized carbons (Fsp3) is 0.185. The summed E-state index contributed by atoms with van der Waals surface area (Å²) in [5.41, 5.74) is 7.24. The van der Waals surface area contributed by atoms with Gasteiger partial charge in [-0.05, 0) is 73.7 Å². The highest BCUT2D eigenvalue weighted by Gasteiger charge is 2.42. The summed E-state index contributed by atoms with van der Waals surface area (Å²) in [5, 5.41) is 0. The van der Waals surface area contributed by atoms with Gasteiger partial charge in [-0.15, -0.1) is 0 Å². The van der Waals surface area contributed by atoms with Crippen molar-refractivity contribution in [1.29, 1.82) is 0 Å². The molecule has 0 spiro atoms. The number of nitrogens with zero attached hydrogens (tertiary/aromatic N) is 2. The second-order valence-electron chi connectivity index (χ2n) is 8.08. The van der Waals surface area contributed by atoms with Crippen LogP contribution in [0.5, 0.6) is 0 Å². The number of hydrogen-bond donors (Lipinski definition) is 0. The van der Waals surface area contributed by atoms with E-state index in [0.717, 1.165) is 33.5 Å². The van der Waals surface area contributed by atoms with Gasteiger partial charge in [0.2, 0.25) is 0 Å². The summed E-state index contributed by atoms with van der Waals surface area (Å²) in [7, 11) is 1.84. The summed E-state index contributed by atoms with van der Waals surface area (Å²) in [6, 6.07) is 21.3. The number of benzene rings is 3. The molecular formula is C27H26N2O2. The fourth-order valence-electron chi connectivity index (χ4n) is 3.96. The summed E-state index contributed by atoms with van der Waals surface area (Å²) in [4.78, 5) is 30.6. The average Bonchev–Trinajstić information content (AvgIpc) is 3.02. The molecule has 1 heterocycles. The Morgan fingerprint density at radius 2 is 1.42 bits per heavy atom. The number of imide groups is 1. The number of anilines is 2. The first kappa shape index (κ1) is 20.6. The number of hydrogen-bond acceptors (Lipinski definition) is 3. The molecule has 0 N–H and O–H groups in total. The van der Waals surface area contributed by atoms with Crippen LogP contribution in [0.15, 0.2) is 72.4 Å². The molecule has 0 atom stereocenters. The predicted molar refractivity (Wildman–Crippen MR) is 126 cm³/mol. The van der Waals surface area contributed by atoms with Crippen molar-refractivity contribution in [3.8, 4) is 0 Å². The van der Waals surface area contributed by atoms with Crippen molar-refractivity contribution < 1.29 is 9.59 Å². The molecule has 3 aromatic rings. The number of amides is 2. The molecule has 156 valence electrons. The molecular weight excluding hydrogens is 384 g/mol. The molecule has 4 nitrogen and oxygen atoms in total. The van der Waals surface area contributed by atoms with E-state index < -0.39 is 0 Å². The Bertz CT molecular complexity index is 1230. The maximum absolute atomic E-state index is 13.7. The normalized spacial score (nSPS) is 13.9. The molecule has 1 aliphatic heterocycles. The van der Waals surface area contributed by atoms with Crippen molar-refractivity contribution in [3.63, 3.8) is 0 Å². The van der Waals surface area contributed by atoms with Crippen molar-refractivity contribution in [2.75, 3.05) is 16.8 Å². The van der Waals surface area contributed by atoms with Crippen LogP contribution >= 0.6 is 0 Å². The molecule has 0 aliphatic carbocycles. The fourth-order valence-corrected chi connectivity index (χ4v) is 3.96. The van der Waals surface area contributed by atoms with Crippen LogP contribution in [0, 0.1) is 27.7 Å². The Labute approximate surface area is 183 Å². The van der Waals surface area contributed by atoms with Crippen LogP contribution in [0.2, 0.25) is 0 Å². The van der Waals surface area contributed by atoms with Crippen LogP contribution in [0.25, 0.3) is 5.57 Å². The monoisotopic (exact) mass is 410 g/mol. The standard InChI is InChI=1S/C27H26N2O2/c1-17-14-15-21(16-19(17)3)24-25(28(5)22-11-7-6-8-12-22)27(31)29(26(24)30)23-13-9-10-18(2)20(23)4/h6-16H,1-5H3. The quantitative estimate of drug-likeness (QED) is 0.545. The van der Waals surface area contributed by atoms with E-state index in [4.69, 9.17) is 0 Å². The molecule has 0 fully saturated rings. The lowest BCUT2D eigenvalue weighted by atomic mass is 9.99. The second-order valence-corrected chi connectivity index (χ2v) is 8.08. The van der Waals surface area contributed by atoms with Gasteiger partial charge < -0.3 is 4.90 Å². The number of rotatable bonds is 4. The zero-order chi connectivity index (χ0) is 22.3. The van der Waals surface area contributed by atoms with E-state index in [1.165, 1.54) is 4.90 Å². The van der Waals surface area contributed by atoms with Gasteiger partial charge in [0.1, 0.15) is 5.70 Å². The third-order valence-corrected chi connectivity index (χ3v) is 6.15. The third kappa shape index (κ3) is 3.44. The zero-order valence-corrected chi connectivity index (χ0v) is 18.6. The average molecular weight is 411 g/mol. The SMILES string of the molecule is Cc1ccc(C2=C(N(C)c3ccccc3)C(=O)N(c3cccc(C)c3C)C2=O)cc1C. The molecule has 0 saturated carbocycles. The first-order valence-corrected chi connectivity index (χ1v) is 10.4. The minimum atomic E-state index is -0.307. The van der Waals surface area contributed by atoms with Gasteiger partial charge in [0, 0.05) is 12.7 Å². The van der Waals surface area contributed by atoms with Gasteiger partial charge in [0.15, 0.2) is 0 Å². The highest BCUT2D eigenvalue weighted by Crippen LogP contribution is 2.38. The smallest absolute Gasteiger partial charge is 0.282 e. The molecule has 4 rings (SSSR count). The molecule has 0 radical (unpaired) electrons. The van der Waals surface area contributed by atoms with Gasteiger partial charge in [-0.3, -0.25) is 9.59 Å². The maximum atomic E-state index is 13.7. The van der Waals surface area contributed by atoms with Crippen molar-refractivity contribution >= 4 is 28.8 Å². The van der Waals surface area contributed by atoms with Crippen LogP contribution in [0.3, 0.4) is 0 Å². The Kier molecular flexibility index (Phi) is 5.24. The van der Waals surface area contributed by atoms with Crippen LogP contribution < -0.4 is 9.80 Å². The lowest BCUT2D eigenvalue weighted by Crippen LogP contribution is -2.34. The lowest BCUT2D eigenvalue weighted by Gasteiger charge is -2.22. The summed E-state index contributed by atoms with van der Waals surface area (Å²) in [6.45, 7) is 7.98. The van der Waals surface area contributed by atoms with Crippen molar-refractivity contribution in [2.24, 2.45) is 0 Å². The first-order valence-electron chi connectivity index (χ1n) is 10.4. The van der Waals surface area contributed by atoms with Gasteiger partial charge in [-0.2, -0.15) is 0 Å². The van der Waals surface area contributed by atoms with E-state index in [0.29, 0.717) is 17.0 Å². The molecule has 3 aromatic carbocycles. The van der Waals surface area contributed by atoms with Gasteiger partial charge >= 0.3 is 0 Å². The number of carbonyl (C=O) groups excluding carboxylic acids is 2. The van der Waals surface area contributed by atoms with Crippen LogP contribution in [-0.2, 0) is 9.59 Å². The van der Waals surface area contributed by atoms with E-state index >= 15 is 0 Å². The number of aryl methyl sites for hydroxylation is 3. The third-order valence-electron chi connectivity index (χ3n) is 6.15. The lowest BCUT2D eigenvalue weighted by molar-refractivity contribution is -0.120. The number of para-hydroxylation sites is 1. The summed E-state index contributed by atoms with van der Waals surface area (Å²) in [5.74, 6) is -0.599. The van der Waals surface area contributed by atoms with Crippen LogP contribution in [0.4, 0.5) is 11.4 Å². The second kappa shape index (κ2) is 7.88. The maximum Gasteiger partial charge on any atom is 0.282 e. The Morgan fingerprint density at radius 3 is 2.10 bits per heavy atom. The number of likely N-dealkylation sites (N-methyl/N-ethyl adjacent to an activating group) is 1. The Hall–Kier alpha value is -3.66. The highest BCUT2D eigenvalue weighted by molar-refractivity contribution is 6.46. The van der Waals surface area contributed by atoms with Crippen molar-refractivity contribution in [3.05, 3.63) is 100 Å². The molecule has 2 amide bonds. The minimum absolute atomic E-state index is 0.292. The van der Waals surface area contributed by atoms with Crippen LogP contribution in [0.1, 0.15) is 27.8 Å². The van der Waals surface area contributed by atoms with E-state index in [9.17, 15) is 9.59 Å². The van der Waals surface area contributed by atoms with E-state index in [2.05, 4.69) is 0 Å². The van der Waals surface area contributed by atoms with Crippen molar-refractivity contribution in [2.45, 2.75) is 27.7 Å². The molecule has 0 saturated heterocycles. The summed E-state index contributed by atoms with van der Waals surface area (Å²) < 4.78 is 0. The predicted octanol–water partition coefficient (Wildman–Crippen LogP) is 5.34. The van der Waals surface area contributed by atoms with Gasteiger partial charge in [-0.25, -0.2) is 4.90 Å². The van der Waals surface area contributed by atoms with Gasteiger partial charge in [0.25, 0.3) is 11.8 Å². The largest absolute Gasteiger partial charge is 0.339 e. The summed E-state index contributed by atoms with van der Waals surface area (Å²) >= 11 is 0. The highest BCUT2D eigenvalue weighted by atomic mass is 16.2. The molecule has 0 unspecified atom stereocenters. The molecule has 31 heavy (non-hydrogen) atoms. The Morgan fingerprint density at radius 1 is 0.710 bits per heavy atom. The molecule has 4 heteroatoms.